The van der Waals surface area contributed by atoms with Crippen molar-refractivity contribution in [2.75, 3.05) is 26.3 Å². The number of aryl methyl sites for hydroxylation is 3. The molecule has 8 nitrogen and oxygen atoms in total. The molecule has 1 aliphatic rings. The Labute approximate surface area is 270 Å². The van der Waals surface area contributed by atoms with Gasteiger partial charge in [-0.3, -0.25) is 5.10 Å². The molecule has 2 aromatic heterocycles. The number of ether oxygens (including phenoxy) is 2. The molecule has 3 N–H and O–H groups in total. The summed E-state index contributed by atoms with van der Waals surface area (Å²) in [5, 5.41) is 24.8. The predicted octanol–water partition coefficient (Wildman–Crippen LogP) is 8.42. The fraction of sp³-hybridized carbons (Fsp3) is 0.389. The van der Waals surface area contributed by atoms with Crippen LogP contribution in [0.25, 0.3) is 32.8 Å². The van der Waals surface area contributed by atoms with Crippen LogP contribution in [0.4, 0.5) is 0 Å². The Morgan fingerprint density at radius 3 is 2.60 bits per heavy atom. The molecule has 45 heavy (non-hydrogen) atoms. The number of benzene rings is 3. The van der Waals surface area contributed by atoms with Gasteiger partial charge in [0.25, 0.3) is 0 Å². The number of aromatic nitrogens is 3. The molecule has 0 fully saturated rings. The summed E-state index contributed by atoms with van der Waals surface area (Å²) in [5.41, 5.74) is 5.32. The molecular formula is C36H45ClN4O4. The van der Waals surface area contributed by atoms with Crippen molar-refractivity contribution in [3.05, 3.63) is 82.3 Å². The van der Waals surface area contributed by atoms with E-state index in [1.165, 1.54) is 0 Å². The average Bonchev–Trinajstić information content (AvgIpc) is 3.53. The summed E-state index contributed by atoms with van der Waals surface area (Å²) in [6.45, 7) is 10.3. The van der Waals surface area contributed by atoms with Crippen molar-refractivity contribution < 1.29 is 19.4 Å². The normalized spacial score (nSPS) is 12.9. The number of nitrogens with one attached hydrogen (secondary N) is 2. The first-order valence-corrected chi connectivity index (χ1v) is 15.8. The lowest BCUT2D eigenvalue weighted by Gasteiger charge is -2.13. The van der Waals surface area contributed by atoms with Crippen LogP contribution in [0.5, 0.6) is 5.75 Å². The summed E-state index contributed by atoms with van der Waals surface area (Å²) >= 11 is 6.85. The molecule has 1 aliphatic heterocycles. The highest BCUT2D eigenvalue weighted by Gasteiger charge is 2.28. The second-order valence-corrected chi connectivity index (χ2v) is 11.3. The number of fused-ring (bicyclic) bond motifs is 3. The third-order valence-electron chi connectivity index (χ3n) is 7.99. The fourth-order valence-electron chi connectivity index (χ4n) is 6.01. The lowest BCUT2D eigenvalue weighted by atomic mass is 9.98. The largest absolute Gasteiger partial charge is 0.493 e. The van der Waals surface area contributed by atoms with Crippen molar-refractivity contribution in [1.82, 2.24) is 20.1 Å². The molecule has 0 radical (unpaired) electrons. The van der Waals surface area contributed by atoms with Gasteiger partial charge in [0, 0.05) is 40.7 Å². The minimum atomic E-state index is -0.937. The monoisotopic (exact) mass is 632 g/mol. The van der Waals surface area contributed by atoms with Crippen molar-refractivity contribution in [3.63, 3.8) is 0 Å². The van der Waals surface area contributed by atoms with E-state index in [9.17, 15) is 9.90 Å². The number of hydrogen-bond acceptors (Lipinski definition) is 5. The van der Waals surface area contributed by atoms with Crippen molar-refractivity contribution in [2.24, 2.45) is 0 Å². The SMILES string of the molecule is C.CCNCC.Cc1[nH]nc2c1-c1c(Cl)ccc3c(CCCOc4cccc5ccccc45)c(C(=O)O)n(c13)CCCCOC2. The highest BCUT2D eigenvalue weighted by Crippen LogP contribution is 2.42. The van der Waals surface area contributed by atoms with E-state index < -0.39 is 5.97 Å². The molecule has 0 saturated heterocycles. The van der Waals surface area contributed by atoms with Gasteiger partial charge in [-0.05, 0) is 68.8 Å². The van der Waals surface area contributed by atoms with Crippen LogP contribution in [0.1, 0.15) is 68.0 Å². The highest BCUT2D eigenvalue weighted by molar-refractivity contribution is 6.35. The zero-order valence-electron chi connectivity index (χ0n) is 25.7. The summed E-state index contributed by atoms with van der Waals surface area (Å²) in [5.74, 6) is -0.101. The first-order valence-electron chi connectivity index (χ1n) is 15.5. The summed E-state index contributed by atoms with van der Waals surface area (Å²) < 4.78 is 14.0. The summed E-state index contributed by atoms with van der Waals surface area (Å²) in [7, 11) is 0. The van der Waals surface area contributed by atoms with Crippen LogP contribution < -0.4 is 10.1 Å². The molecule has 0 aliphatic carbocycles. The van der Waals surface area contributed by atoms with Crippen molar-refractivity contribution in [3.8, 4) is 16.9 Å². The average molecular weight is 633 g/mol. The van der Waals surface area contributed by atoms with E-state index in [0.717, 1.165) is 81.4 Å². The maximum absolute atomic E-state index is 12.7. The molecular weight excluding hydrogens is 588 g/mol. The number of rotatable bonds is 8. The quantitative estimate of drug-likeness (QED) is 0.148. The van der Waals surface area contributed by atoms with Crippen LogP contribution in [0.3, 0.4) is 0 Å². The predicted molar refractivity (Wildman–Crippen MR) is 184 cm³/mol. The Hall–Kier alpha value is -3.85. The number of H-pyrrole nitrogens is 1. The van der Waals surface area contributed by atoms with E-state index in [4.69, 9.17) is 21.1 Å². The van der Waals surface area contributed by atoms with Gasteiger partial charge in [-0.15, -0.1) is 0 Å². The van der Waals surface area contributed by atoms with Gasteiger partial charge in [-0.25, -0.2) is 4.79 Å². The molecule has 0 bridgehead atoms. The standard InChI is InChI=1S/C31H30ClN3O4.C4H11N.CH4/c1-19-27-25(34-33-19)18-38-16-5-4-15-35-29-23(13-14-24(32)28(27)29)22(30(35)31(36)37)11-7-17-39-26-12-6-9-20-8-2-3-10-21(20)26;1-3-5-4-2;/h2-3,6,8-10,12-14H,4-5,7,11,15-18H2,1H3,(H,33,34)(H,36,37);5H,3-4H2,1-2H3;1H4. The molecule has 6 rings (SSSR count). The maximum Gasteiger partial charge on any atom is 0.352 e. The van der Waals surface area contributed by atoms with E-state index in [1.54, 1.807) is 0 Å². The summed E-state index contributed by atoms with van der Waals surface area (Å²) in [6, 6.07) is 18.0. The molecule has 0 spiro atoms. The van der Waals surface area contributed by atoms with Crippen molar-refractivity contribution >= 4 is 39.2 Å². The Bertz CT molecular complexity index is 1740. The minimum Gasteiger partial charge on any atom is -0.493 e. The van der Waals surface area contributed by atoms with Crippen molar-refractivity contribution in [1.29, 1.82) is 0 Å². The maximum atomic E-state index is 12.7. The zero-order chi connectivity index (χ0) is 31.1. The second-order valence-electron chi connectivity index (χ2n) is 10.9. The number of carbonyl (C=O) groups is 1. The number of aromatic carboxylic acids is 1. The van der Waals surface area contributed by atoms with E-state index >= 15 is 0 Å². The van der Waals surface area contributed by atoms with Crippen LogP contribution in [-0.2, 0) is 24.3 Å². The van der Waals surface area contributed by atoms with Gasteiger partial charge >= 0.3 is 5.97 Å². The molecule has 0 atom stereocenters. The second kappa shape index (κ2) is 15.9. The number of carboxylic acid groups (broad SMARTS) is 1. The highest BCUT2D eigenvalue weighted by atomic mass is 35.5. The van der Waals surface area contributed by atoms with Gasteiger partial charge in [0.2, 0.25) is 0 Å². The number of aromatic amines is 1. The number of halogens is 1. The van der Waals surface area contributed by atoms with Gasteiger partial charge in [0.1, 0.15) is 11.4 Å². The zero-order valence-corrected chi connectivity index (χ0v) is 26.5. The smallest absolute Gasteiger partial charge is 0.352 e. The van der Waals surface area contributed by atoms with Crippen LogP contribution in [0, 0.1) is 6.92 Å². The van der Waals surface area contributed by atoms with Gasteiger partial charge in [-0.2, -0.15) is 5.10 Å². The molecule has 240 valence electrons. The van der Waals surface area contributed by atoms with E-state index in [0.29, 0.717) is 49.9 Å². The Kier molecular flexibility index (Phi) is 12.0. The third-order valence-corrected chi connectivity index (χ3v) is 8.31. The topological polar surface area (TPSA) is 101 Å². The third kappa shape index (κ3) is 7.35. The molecule has 0 amide bonds. The van der Waals surface area contributed by atoms with Gasteiger partial charge in [-0.1, -0.05) is 75.3 Å². The van der Waals surface area contributed by atoms with Crippen LogP contribution in [0.2, 0.25) is 5.02 Å². The van der Waals surface area contributed by atoms with Crippen molar-refractivity contribution in [2.45, 2.75) is 67.0 Å². The number of hydrogen-bond donors (Lipinski definition) is 3. The summed E-state index contributed by atoms with van der Waals surface area (Å²) in [4.78, 5) is 12.7. The van der Waals surface area contributed by atoms with Gasteiger partial charge in [0.05, 0.1) is 29.4 Å². The molecule has 9 heteroatoms. The minimum absolute atomic E-state index is 0. The Morgan fingerprint density at radius 2 is 1.84 bits per heavy atom. The van der Waals surface area contributed by atoms with Gasteiger partial charge < -0.3 is 24.5 Å². The fourth-order valence-corrected chi connectivity index (χ4v) is 6.26. The lowest BCUT2D eigenvalue weighted by Crippen LogP contribution is -2.12. The van der Waals surface area contributed by atoms with Crippen LogP contribution >= 0.6 is 11.6 Å². The van der Waals surface area contributed by atoms with Crippen LogP contribution in [0.15, 0.2) is 54.6 Å². The first-order chi connectivity index (χ1) is 21.5. The molecule has 0 saturated carbocycles. The van der Waals surface area contributed by atoms with E-state index in [2.05, 4.69) is 47.6 Å². The van der Waals surface area contributed by atoms with Gasteiger partial charge in [0.15, 0.2) is 0 Å². The molecule has 5 aromatic rings. The first kappa shape index (κ1) is 34.0. The number of carboxylic acids is 1. The summed E-state index contributed by atoms with van der Waals surface area (Å²) in [6.07, 6.45) is 2.85. The Morgan fingerprint density at radius 1 is 1.07 bits per heavy atom. The lowest BCUT2D eigenvalue weighted by molar-refractivity contribution is 0.0683. The molecule has 3 aromatic carbocycles. The van der Waals surface area contributed by atoms with E-state index in [1.807, 2.05) is 47.9 Å². The molecule has 3 heterocycles. The van der Waals surface area contributed by atoms with E-state index in [-0.39, 0.29) is 7.43 Å². The molecule has 0 unspecified atom stereocenters. The number of nitrogens with zero attached hydrogens (tertiary/aromatic N) is 2. The van der Waals surface area contributed by atoms with Crippen LogP contribution in [-0.4, -0.2) is 52.1 Å². The Balaban J connectivity index is 0.000000714.